The molecule has 4 aromatic rings. The van der Waals surface area contributed by atoms with Crippen molar-refractivity contribution < 1.29 is 9.18 Å². The summed E-state index contributed by atoms with van der Waals surface area (Å²) in [6, 6.07) is 11.4. The van der Waals surface area contributed by atoms with E-state index in [1.54, 1.807) is 12.3 Å². The molecule has 2 aliphatic rings. The van der Waals surface area contributed by atoms with Crippen molar-refractivity contribution in [2.75, 3.05) is 31.5 Å². The number of pyridine rings is 2. The van der Waals surface area contributed by atoms with Crippen molar-refractivity contribution in [3.05, 3.63) is 65.9 Å². The van der Waals surface area contributed by atoms with Gasteiger partial charge in [0, 0.05) is 56.1 Å². The Morgan fingerprint density at radius 1 is 1.11 bits per heavy atom. The first-order valence-electron chi connectivity index (χ1n) is 12.4. The normalized spacial score (nSPS) is 16.4. The number of aromatic amines is 1. The third-order valence-electron chi connectivity index (χ3n) is 6.87. The average molecular weight is 486 g/mol. The molecule has 2 fully saturated rings. The van der Waals surface area contributed by atoms with E-state index < -0.39 is 0 Å². The Kier molecular flexibility index (Phi) is 5.85. The quantitative estimate of drug-likeness (QED) is 0.424. The summed E-state index contributed by atoms with van der Waals surface area (Å²) >= 11 is 0. The lowest BCUT2D eigenvalue weighted by molar-refractivity contribution is -0.134. The van der Waals surface area contributed by atoms with E-state index >= 15 is 0 Å². The second kappa shape index (κ2) is 9.31. The molecule has 1 aliphatic carbocycles. The largest absolute Gasteiger partial charge is 0.340 e. The number of benzene rings is 1. The first-order valence-corrected chi connectivity index (χ1v) is 12.4. The number of aromatic nitrogens is 4. The molecule has 1 amide bonds. The van der Waals surface area contributed by atoms with Gasteiger partial charge in [0.15, 0.2) is 0 Å². The molecule has 1 aliphatic heterocycles. The lowest BCUT2D eigenvalue weighted by atomic mass is 10.1. The molecule has 9 heteroatoms. The van der Waals surface area contributed by atoms with Crippen LogP contribution in [0.25, 0.3) is 22.2 Å². The van der Waals surface area contributed by atoms with Crippen LogP contribution >= 0.6 is 0 Å². The van der Waals surface area contributed by atoms with Gasteiger partial charge in [0.05, 0.1) is 17.2 Å². The zero-order chi connectivity index (χ0) is 24.6. The number of imidazole rings is 1. The minimum absolute atomic E-state index is 0.288. The molecule has 36 heavy (non-hydrogen) atoms. The van der Waals surface area contributed by atoms with Gasteiger partial charge in [-0.05, 0) is 61.2 Å². The Bertz CT molecular complexity index is 1420. The molecule has 0 radical (unpaired) electrons. The molecule has 1 saturated carbocycles. The maximum Gasteiger partial charge on any atom is 0.225 e. The number of hydrogen-bond acceptors (Lipinski definition) is 6. The molecule has 1 saturated heterocycles. The number of rotatable bonds is 6. The van der Waals surface area contributed by atoms with Gasteiger partial charge in [0.25, 0.3) is 0 Å². The van der Waals surface area contributed by atoms with E-state index in [4.69, 9.17) is 0 Å². The highest BCUT2D eigenvalue weighted by atomic mass is 19.1. The highest BCUT2D eigenvalue weighted by Crippen LogP contribution is 2.31. The van der Waals surface area contributed by atoms with Crippen LogP contribution in [0.5, 0.6) is 0 Å². The van der Waals surface area contributed by atoms with Crippen LogP contribution in [-0.2, 0) is 11.3 Å². The lowest BCUT2D eigenvalue weighted by Crippen LogP contribution is -2.48. The number of carbonyl (C=O) groups is 1. The number of hydrogen-bond donors (Lipinski definition) is 2. The van der Waals surface area contributed by atoms with Crippen LogP contribution in [0.15, 0.2) is 48.8 Å². The third kappa shape index (κ3) is 4.79. The van der Waals surface area contributed by atoms with E-state index in [1.165, 1.54) is 6.20 Å². The number of amides is 1. The zero-order valence-corrected chi connectivity index (χ0v) is 20.2. The van der Waals surface area contributed by atoms with Gasteiger partial charge in [-0.2, -0.15) is 0 Å². The minimum atomic E-state index is -0.352. The second-order valence-corrected chi connectivity index (χ2v) is 9.67. The monoisotopic (exact) mass is 485 g/mol. The number of nitrogens with one attached hydrogen (secondary N) is 2. The second-order valence-electron chi connectivity index (χ2n) is 9.67. The Morgan fingerprint density at radius 2 is 1.94 bits per heavy atom. The van der Waals surface area contributed by atoms with Crippen molar-refractivity contribution in [3.63, 3.8) is 0 Å². The molecule has 3 aromatic heterocycles. The van der Waals surface area contributed by atoms with Crippen molar-refractivity contribution in [1.29, 1.82) is 0 Å². The van der Waals surface area contributed by atoms with E-state index in [9.17, 15) is 9.18 Å². The average Bonchev–Trinajstić information content (AvgIpc) is 3.65. The fourth-order valence-corrected chi connectivity index (χ4v) is 4.74. The predicted octanol–water partition coefficient (Wildman–Crippen LogP) is 4.27. The van der Waals surface area contributed by atoms with Gasteiger partial charge in [0.2, 0.25) is 11.9 Å². The summed E-state index contributed by atoms with van der Waals surface area (Å²) in [6.45, 7) is 6.02. The first-order chi connectivity index (χ1) is 17.5. The maximum atomic E-state index is 14.3. The third-order valence-corrected chi connectivity index (χ3v) is 6.87. The summed E-state index contributed by atoms with van der Waals surface area (Å²) in [7, 11) is 0. The van der Waals surface area contributed by atoms with Crippen molar-refractivity contribution in [2.24, 2.45) is 5.92 Å². The molecular weight excluding hydrogens is 457 g/mol. The highest BCUT2D eigenvalue weighted by molar-refractivity contribution is 5.84. The van der Waals surface area contributed by atoms with Crippen LogP contribution in [0.2, 0.25) is 0 Å². The smallest absolute Gasteiger partial charge is 0.225 e. The summed E-state index contributed by atoms with van der Waals surface area (Å²) < 4.78 is 14.3. The van der Waals surface area contributed by atoms with E-state index in [0.717, 1.165) is 73.4 Å². The highest BCUT2D eigenvalue weighted by Gasteiger charge is 2.34. The first kappa shape index (κ1) is 22.6. The SMILES string of the molecule is Cc1cc(-c2ccc3nc(Nc4cc(CN5CCN(C(=O)C6CC6)CC5)ccn4)[nH]c3c2)c(F)cn1. The number of nitrogens with zero attached hydrogens (tertiary/aromatic N) is 5. The van der Waals surface area contributed by atoms with Crippen LogP contribution in [0.4, 0.5) is 16.2 Å². The summed E-state index contributed by atoms with van der Waals surface area (Å²) in [5, 5.41) is 3.26. The van der Waals surface area contributed by atoms with Gasteiger partial charge >= 0.3 is 0 Å². The number of halogens is 1. The molecule has 8 nitrogen and oxygen atoms in total. The number of carbonyl (C=O) groups excluding carboxylic acids is 1. The predicted molar refractivity (Wildman–Crippen MR) is 136 cm³/mol. The Labute approximate surface area is 208 Å². The van der Waals surface area contributed by atoms with E-state index in [2.05, 4.69) is 30.2 Å². The molecule has 0 atom stereocenters. The number of H-pyrrole nitrogens is 1. The lowest BCUT2D eigenvalue weighted by Gasteiger charge is -2.34. The topological polar surface area (TPSA) is 90.0 Å². The van der Waals surface area contributed by atoms with Crippen molar-refractivity contribution in [3.8, 4) is 11.1 Å². The Morgan fingerprint density at radius 3 is 2.75 bits per heavy atom. The summed E-state index contributed by atoms with van der Waals surface area (Å²) in [6.07, 6.45) is 5.16. The molecule has 2 N–H and O–H groups in total. The number of fused-ring (bicyclic) bond motifs is 1. The molecule has 0 bridgehead atoms. The van der Waals surface area contributed by atoms with E-state index in [1.807, 2.05) is 42.2 Å². The number of piperazine rings is 1. The number of aryl methyl sites for hydroxylation is 1. The van der Waals surface area contributed by atoms with Gasteiger partial charge in [-0.1, -0.05) is 6.07 Å². The summed E-state index contributed by atoms with van der Waals surface area (Å²) in [5.74, 6) is 1.55. The standard InChI is InChI=1S/C27H28FN7O/c1-17-12-21(22(28)15-30-17)20-4-5-23-24(14-20)32-27(31-23)33-25-13-18(6-7-29-25)16-34-8-10-35(11-9-34)26(36)19-2-3-19/h4-7,12-15,19H,2-3,8-11,16H2,1H3,(H2,29,31,32,33). The molecule has 0 spiro atoms. The van der Waals surface area contributed by atoms with Crippen molar-refractivity contribution in [2.45, 2.75) is 26.3 Å². The van der Waals surface area contributed by atoms with Gasteiger partial charge in [-0.25, -0.2) is 14.4 Å². The van der Waals surface area contributed by atoms with Gasteiger partial charge in [-0.15, -0.1) is 0 Å². The molecular formula is C27H28FN7O. The van der Waals surface area contributed by atoms with E-state index in [0.29, 0.717) is 23.2 Å². The molecule has 184 valence electrons. The molecule has 1 aromatic carbocycles. The van der Waals surface area contributed by atoms with Gasteiger partial charge in [0.1, 0.15) is 11.6 Å². The van der Waals surface area contributed by atoms with Crippen LogP contribution in [0.1, 0.15) is 24.1 Å². The molecule has 0 unspecified atom stereocenters. The zero-order valence-electron chi connectivity index (χ0n) is 20.2. The molecule has 6 rings (SSSR count). The molecule has 4 heterocycles. The minimum Gasteiger partial charge on any atom is -0.340 e. The van der Waals surface area contributed by atoms with Gasteiger partial charge in [-0.3, -0.25) is 14.7 Å². The fourth-order valence-electron chi connectivity index (χ4n) is 4.74. The van der Waals surface area contributed by atoms with Crippen LogP contribution in [0, 0.1) is 18.7 Å². The Balaban J connectivity index is 1.12. The summed E-state index contributed by atoms with van der Waals surface area (Å²) in [5.41, 5.74) is 4.77. The van der Waals surface area contributed by atoms with Gasteiger partial charge < -0.3 is 15.2 Å². The van der Waals surface area contributed by atoms with Crippen molar-refractivity contribution >= 4 is 28.7 Å². The van der Waals surface area contributed by atoms with Crippen LogP contribution in [0.3, 0.4) is 0 Å². The van der Waals surface area contributed by atoms with Crippen molar-refractivity contribution in [1.82, 2.24) is 29.7 Å². The number of anilines is 2. The maximum absolute atomic E-state index is 14.3. The van der Waals surface area contributed by atoms with E-state index in [-0.39, 0.29) is 11.7 Å². The fraction of sp³-hybridized carbons (Fsp3) is 0.333. The summed E-state index contributed by atoms with van der Waals surface area (Å²) in [4.78, 5) is 33.0. The van der Waals surface area contributed by atoms with Crippen LogP contribution < -0.4 is 5.32 Å². The Hall–Kier alpha value is -3.85. The van der Waals surface area contributed by atoms with Crippen LogP contribution in [-0.4, -0.2) is 61.8 Å².